The molecule has 0 spiro atoms. The number of pyridine rings is 1. The molecular weight excluding hydrogens is 308 g/mol. The van der Waals surface area contributed by atoms with E-state index in [-0.39, 0.29) is 5.57 Å². The van der Waals surface area contributed by atoms with Crippen LogP contribution in [0.1, 0.15) is 25.2 Å². The Morgan fingerprint density at radius 2 is 2.21 bits per heavy atom. The van der Waals surface area contributed by atoms with E-state index >= 15 is 0 Å². The number of aliphatic hydroxyl groups is 1. The zero-order valence-corrected chi connectivity index (χ0v) is 14.3. The number of methoxy groups -OCH3 is 1. The first-order valence-electron chi connectivity index (χ1n) is 7.48. The van der Waals surface area contributed by atoms with Crippen molar-refractivity contribution in [3.63, 3.8) is 0 Å². The number of hydrogen-bond acceptors (Lipinski definition) is 6. The van der Waals surface area contributed by atoms with Gasteiger partial charge in [0.15, 0.2) is 0 Å². The van der Waals surface area contributed by atoms with Crippen molar-refractivity contribution in [2.45, 2.75) is 32.9 Å². The van der Waals surface area contributed by atoms with Crippen LogP contribution in [0.2, 0.25) is 0 Å². The fourth-order valence-corrected chi connectivity index (χ4v) is 2.39. The van der Waals surface area contributed by atoms with E-state index in [0.29, 0.717) is 12.2 Å². The fraction of sp³-hybridized carbons (Fsp3) is 0.353. The van der Waals surface area contributed by atoms with Crippen LogP contribution in [0.4, 0.5) is 0 Å². The van der Waals surface area contributed by atoms with Crippen LogP contribution in [0.15, 0.2) is 30.7 Å². The molecule has 0 aliphatic rings. The van der Waals surface area contributed by atoms with Gasteiger partial charge < -0.3 is 15.6 Å². The third kappa shape index (κ3) is 3.99. The van der Waals surface area contributed by atoms with Gasteiger partial charge in [0.2, 0.25) is 0 Å². The normalized spacial score (nSPS) is 12.3. The first kappa shape index (κ1) is 17.7. The molecule has 0 aliphatic heterocycles. The number of rotatable bonds is 5. The van der Waals surface area contributed by atoms with E-state index in [0.717, 1.165) is 16.8 Å². The average molecular weight is 330 g/mol. The highest BCUT2D eigenvalue weighted by atomic mass is 16.5. The zero-order valence-electron chi connectivity index (χ0n) is 14.3. The minimum Gasteiger partial charge on any atom is -0.465 e. The minimum atomic E-state index is -0.862. The van der Waals surface area contributed by atoms with Crippen molar-refractivity contribution in [2.24, 2.45) is 5.73 Å². The number of nitrogens with two attached hydrogens (primary N) is 1. The molecule has 0 aliphatic carbocycles. The van der Waals surface area contributed by atoms with Gasteiger partial charge in [0.05, 0.1) is 30.6 Å². The number of hydrogen-bond donors (Lipinski definition) is 2. The van der Waals surface area contributed by atoms with Crippen LogP contribution in [-0.2, 0) is 16.1 Å². The van der Waals surface area contributed by atoms with Crippen molar-refractivity contribution in [1.29, 1.82) is 0 Å². The summed E-state index contributed by atoms with van der Waals surface area (Å²) in [4.78, 5) is 15.9. The molecule has 0 fully saturated rings. The number of nitrogens with zero attached hydrogens (tertiary/aromatic N) is 3. The molecule has 0 amide bonds. The van der Waals surface area contributed by atoms with Crippen molar-refractivity contribution in [3.05, 3.63) is 42.1 Å². The lowest BCUT2D eigenvalue weighted by atomic mass is 10.0. The molecule has 7 nitrogen and oxygen atoms in total. The average Bonchev–Trinajstić information content (AvgIpc) is 2.86. The van der Waals surface area contributed by atoms with E-state index in [4.69, 9.17) is 10.5 Å². The third-order valence-corrected chi connectivity index (χ3v) is 3.41. The lowest BCUT2D eigenvalue weighted by Gasteiger charge is -2.16. The Morgan fingerprint density at radius 1 is 1.50 bits per heavy atom. The van der Waals surface area contributed by atoms with E-state index in [1.54, 1.807) is 30.8 Å². The van der Waals surface area contributed by atoms with Crippen LogP contribution in [0.5, 0.6) is 0 Å². The molecular formula is C17H22N4O3. The predicted molar refractivity (Wildman–Crippen MR) is 90.7 cm³/mol. The molecule has 2 aromatic rings. The van der Waals surface area contributed by atoms with Gasteiger partial charge in [-0.05, 0) is 38.5 Å². The molecule has 2 rings (SSSR count). The number of carbonyl (C=O) groups excluding carboxylic acids is 1. The predicted octanol–water partition coefficient (Wildman–Crippen LogP) is 1.50. The fourth-order valence-electron chi connectivity index (χ4n) is 2.39. The number of esters is 1. The molecule has 2 aromatic heterocycles. The number of carbonyl (C=O) groups is 1. The summed E-state index contributed by atoms with van der Waals surface area (Å²) in [7, 11) is 1.29. The molecule has 2 heterocycles. The van der Waals surface area contributed by atoms with Crippen molar-refractivity contribution in [2.75, 3.05) is 7.11 Å². The molecule has 0 atom stereocenters. The van der Waals surface area contributed by atoms with Crippen LogP contribution in [0.3, 0.4) is 0 Å². The summed E-state index contributed by atoms with van der Waals surface area (Å²) in [5, 5.41) is 14.4. The molecule has 128 valence electrons. The van der Waals surface area contributed by atoms with Crippen molar-refractivity contribution in [1.82, 2.24) is 14.8 Å². The maximum absolute atomic E-state index is 11.8. The van der Waals surface area contributed by atoms with Gasteiger partial charge in [-0.3, -0.25) is 9.67 Å². The van der Waals surface area contributed by atoms with Crippen LogP contribution < -0.4 is 5.73 Å². The maximum atomic E-state index is 11.8. The van der Waals surface area contributed by atoms with Gasteiger partial charge in [0.25, 0.3) is 0 Å². The summed E-state index contributed by atoms with van der Waals surface area (Å²) in [5.41, 5.74) is 7.84. The number of ether oxygens (including phenoxy) is 1. The highest BCUT2D eigenvalue weighted by molar-refractivity contribution is 6.15. The van der Waals surface area contributed by atoms with E-state index in [1.165, 1.54) is 13.3 Å². The van der Waals surface area contributed by atoms with Gasteiger partial charge in [-0.25, -0.2) is 4.79 Å². The van der Waals surface area contributed by atoms with Crippen molar-refractivity contribution >= 4 is 11.5 Å². The summed E-state index contributed by atoms with van der Waals surface area (Å²) in [6, 6.07) is 3.58. The molecule has 0 bridgehead atoms. The standard InChI is InChI=1S/C17H22N4O3/c1-11-14(9-21(20-11)10-17(2,3)23)12-5-6-19-15(7-12)13(8-18)16(22)24-4/h5-9,23H,10,18H2,1-4H3/b13-8+. The lowest BCUT2D eigenvalue weighted by molar-refractivity contribution is -0.133. The van der Waals surface area contributed by atoms with Gasteiger partial charge in [0.1, 0.15) is 5.57 Å². The van der Waals surface area contributed by atoms with Crippen LogP contribution in [0.25, 0.3) is 16.7 Å². The van der Waals surface area contributed by atoms with E-state index in [9.17, 15) is 9.90 Å². The molecule has 0 unspecified atom stereocenters. The molecule has 0 radical (unpaired) electrons. The van der Waals surface area contributed by atoms with E-state index in [2.05, 4.69) is 10.1 Å². The second-order valence-electron chi connectivity index (χ2n) is 6.14. The van der Waals surface area contributed by atoms with Crippen LogP contribution in [-0.4, -0.2) is 38.6 Å². The van der Waals surface area contributed by atoms with Gasteiger partial charge in [0, 0.05) is 24.2 Å². The molecule has 0 saturated carbocycles. The Morgan fingerprint density at radius 3 is 2.79 bits per heavy atom. The van der Waals surface area contributed by atoms with Gasteiger partial charge in [-0.1, -0.05) is 0 Å². The summed E-state index contributed by atoms with van der Waals surface area (Å²) < 4.78 is 6.41. The van der Waals surface area contributed by atoms with Gasteiger partial charge in [-0.15, -0.1) is 0 Å². The smallest absolute Gasteiger partial charge is 0.341 e. The largest absolute Gasteiger partial charge is 0.465 e. The maximum Gasteiger partial charge on any atom is 0.341 e. The molecule has 3 N–H and O–H groups in total. The third-order valence-electron chi connectivity index (χ3n) is 3.41. The van der Waals surface area contributed by atoms with Crippen LogP contribution >= 0.6 is 0 Å². The Labute approximate surface area is 140 Å². The number of aromatic nitrogens is 3. The van der Waals surface area contributed by atoms with Gasteiger partial charge >= 0.3 is 5.97 Å². The molecule has 24 heavy (non-hydrogen) atoms. The lowest BCUT2D eigenvalue weighted by Crippen LogP contribution is -2.26. The summed E-state index contributed by atoms with van der Waals surface area (Å²) in [6.07, 6.45) is 4.64. The zero-order chi connectivity index (χ0) is 17.9. The number of aryl methyl sites for hydroxylation is 1. The molecule has 0 aromatic carbocycles. The Bertz CT molecular complexity index is 772. The van der Waals surface area contributed by atoms with Crippen molar-refractivity contribution < 1.29 is 14.6 Å². The highest BCUT2D eigenvalue weighted by Gasteiger charge is 2.18. The SMILES string of the molecule is COC(=O)/C(=C/N)c1cc(-c2cn(CC(C)(C)O)nc2C)ccn1. The quantitative estimate of drug-likeness (QED) is 0.636. The second kappa shape index (κ2) is 6.84. The molecule has 7 heteroatoms. The Balaban J connectivity index is 2.41. The monoisotopic (exact) mass is 330 g/mol. The summed E-state index contributed by atoms with van der Waals surface area (Å²) >= 11 is 0. The first-order chi connectivity index (χ1) is 11.2. The molecule has 0 saturated heterocycles. The highest BCUT2D eigenvalue weighted by Crippen LogP contribution is 2.25. The topological polar surface area (TPSA) is 103 Å². The van der Waals surface area contributed by atoms with E-state index < -0.39 is 11.6 Å². The summed E-state index contributed by atoms with van der Waals surface area (Å²) in [6.45, 7) is 5.71. The van der Waals surface area contributed by atoms with Crippen molar-refractivity contribution in [3.8, 4) is 11.1 Å². The first-order valence-corrected chi connectivity index (χ1v) is 7.48. The Hall–Kier alpha value is -2.67. The summed E-state index contributed by atoms with van der Waals surface area (Å²) in [5.74, 6) is -0.545. The minimum absolute atomic E-state index is 0.195. The van der Waals surface area contributed by atoms with E-state index in [1.807, 2.05) is 19.2 Å². The Kier molecular flexibility index (Phi) is 5.04. The second-order valence-corrected chi connectivity index (χ2v) is 6.14. The van der Waals surface area contributed by atoms with Crippen LogP contribution in [0, 0.1) is 6.92 Å². The van der Waals surface area contributed by atoms with Gasteiger partial charge in [-0.2, -0.15) is 5.10 Å².